The number of aromatic nitrogens is 2. The van der Waals surface area contributed by atoms with Crippen LogP contribution in [-0.2, 0) is 0 Å². The molecular weight excluding hydrogens is 287 g/mol. The van der Waals surface area contributed by atoms with Gasteiger partial charge in [-0.25, -0.2) is 14.4 Å². The number of benzene rings is 1. The molecule has 6 heteroatoms. The lowest BCUT2D eigenvalue weighted by Gasteiger charge is -2.07. The third-order valence-electron chi connectivity index (χ3n) is 1.98. The summed E-state index contributed by atoms with van der Waals surface area (Å²) in [7, 11) is 0. The van der Waals surface area contributed by atoms with Crippen molar-refractivity contribution in [2.75, 3.05) is 5.32 Å². The Morgan fingerprint density at radius 3 is 2.71 bits per heavy atom. The lowest BCUT2D eigenvalue weighted by Crippen LogP contribution is -1.98. The van der Waals surface area contributed by atoms with Gasteiger partial charge in [-0.2, -0.15) is 5.26 Å². The van der Waals surface area contributed by atoms with Gasteiger partial charge in [0.1, 0.15) is 17.7 Å². The van der Waals surface area contributed by atoms with Gasteiger partial charge in [0, 0.05) is 4.47 Å². The van der Waals surface area contributed by atoms with E-state index in [0.29, 0.717) is 10.3 Å². The zero-order valence-corrected chi connectivity index (χ0v) is 10.1. The predicted octanol–water partition coefficient (Wildman–Crippen LogP) is 2.99. The first kappa shape index (κ1) is 11.5. The van der Waals surface area contributed by atoms with Crippen molar-refractivity contribution in [1.82, 2.24) is 9.97 Å². The first-order valence-electron chi connectivity index (χ1n) is 4.64. The van der Waals surface area contributed by atoms with Crippen molar-refractivity contribution < 1.29 is 4.39 Å². The third-order valence-corrected chi connectivity index (χ3v) is 2.64. The fraction of sp³-hybridized carbons (Fsp3) is 0. The standard InChI is InChI=1S/C11H6BrFN4/c12-8-2-1-3-9(13)11(8)17-10-6-15-7(4-14)5-16-10/h1-3,5-6H,(H,16,17). The van der Waals surface area contributed by atoms with E-state index in [1.165, 1.54) is 18.5 Å². The highest BCUT2D eigenvalue weighted by Gasteiger charge is 2.07. The van der Waals surface area contributed by atoms with E-state index >= 15 is 0 Å². The Bertz CT molecular complexity index is 557. The zero-order chi connectivity index (χ0) is 12.3. The molecule has 0 radical (unpaired) electrons. The lowest BCUT2D eigenvalue weighted by molar-refractivity contribution is 0.631. The van der Waals surface area contributed by atoms with Crippen molar-refractivity contribution in [3.05, 3.63) is 46.6 Å². The number of anilines is 2. The maximum atomic E-state index is 13.5. The summed E-state index contributed by atoms with van der Waals surface area (Å²) in [5.41, 5.74) is 0.495. The Hall–Kier alpha value is -2.00. The smallest absolute Gasteiger partial charge is 0.158 e. The highest BCUT2D eigenvalue weighted by Crippen LogP contribution is 2.27. The molecule has 2 aromatic rings. The van der Waals surface area contributed by atoms with Gasteiger partial charge in [-0.3, -0.25) is 0 Å². The number of hydrogen-bond acceptors (Lipinski definition) is 4. The van der Waals surface area contributed by atoms with E-state index < -0.39 is 5.82 Å². The van der Waals surface area contributed by atoms with E-state index in [4.69, 9.17) is 5.26 Å². The number of nitrogens with one attached hydrogen (secondary N) is 1. The average molecular weight is 293 g/mol. The highest BCUT2D eigenvalue weighted by atomic mass is 79.9. The minimum absolute atomic E-state index is 0.211. The first-order valence-corrected chi connectivity index (χ1v) is 5.43. The van der Waals surface area contributed by atoms with Gasteiger partial charge in [0.2, 0.25) is 0 Å². The molecule has 0 saturated carbocycles. The summed E-state index contributed by atoms with van der Waals surface area (Å²) < 4.78 is 14.1. The fourth-order valence-electron chi connectivity index (χ4n) is 1.20. The Balaban J connectivity index is 2.29. The Kier molecular flexibility index (Phi) is 3.30. The normalized spacial score (nSPS) is 9.71. The van der Waals surface area contributed by atoms with Gasteiger partial charge in [-0.15, -0.1) is 0 Å². The van der Waals surface area contributed by atoms with Crippen LogP contribution in [0, 0.1) is 17.1 Å². The van der Waals surface area contributed by atoms with Crippen LogP contribution in [0.3, 0.4) is 0 Å². The van der Waals surface area contributed by atoms with Crippen molar-refractivity contribution in [2.24, 2.45) is 0 Å². The van der Waals surface area contributed by atoms with Crippen molar-refractivity contribution in [3.63, 3.8) is 0 Å². The maximum Gasteiger partial charge on any atom is 0.158 e. The largest absolute Gasteiger partial charge is 0.336 e. The second-order valence-corrected chi connectivity index (χ2v) is 3.97. The van der Waals surface area contributed by atoms with Crippen LogP contribution in [-0.4, -0.2) is 9.97 Å². The van der Waals surface area contributed by atoms with E-state index in [9.17, 15) is 4.39 Å². The monoisotopic (exact) mass is 292 g/mol. The molecule has 0 unspecified atom stereocenters. The summed E-state index contributed by atoms with van der Waals surface area (Å²) in [6.45, 7) is 0. The molecule has 0 amide bonds. The van der Waals surface area contributed by atoms with Crippen molar-refractivity contribution in [2.45, 2.75) is 0 Å². The van der Waals surface area contributed by atoms with E-state index in [1.54, 1.807) is 12.1 Å². The third kappa shape index (κ3) is 2.57. The second-order valence-electron chi connectivity index (χ2n) is 3.12. The van der Waals surface area contributed by atoms with Gasteiger partial charge in [-0.05, 0) is 28.1 Å². The Labute approximate surface area is 105 Å². The van der Waals surface area contributed by atoms with E-state index in [-0.39, 0.29) is 11.4 Å². The molecule has 2 rings (SSSR count). The van der Waals surface area contributed by atoms with Gasteiger partial charge in [0.15, 0.2) is 5.69 Å². The number of halogens is 2. The summed E-state index contributed by atoms with van der Waals surface area (Å²) >= 11 is 3.23. The van der Waals surface area contributed by atoms with Gasteiger partial charge >= 0.3 is 0 Å². The number of nitrogens with zero attached hydrogens (tertiary/aromatic N) is 3. The average Bonchev–Trinajstić information content (AvgIpc) is 2.35. The van der Waals surface area contributed by atoms with Crippen LogP contribution in [0.15, 0.2) is 35.1 Å². The van der Waals surface area contributed by atoms with Crippen molar-refractivity contribution in [3.8, 4) is 6.07 Å². The summed E-state index contributed by atoms with van der Waals surface area (Å²) in [6, 6.07) is 6.50. The number of rotatable bonds is 2. The summed E-state index contributed by atoms with van der Waals surface area (Å²) in [4.78, 5) is 7.77. The van der Waals surface area contributed by atoms with Crippen molar-refractivity contribution >= 4 is 27.4 Å². The summed E-state index contributed by atoms with van der Waals surface area (Å²) in [5.74, 6) is -0.0275. The molecule has 1 aromatic carbocycles. The fourth-order valence-corrected chi connectivity index (χ4v) is 1.64. The topological polar surface area (TPSA) is 61.6 Å². The predicted molar refractivity (Wildman–Crippen MR) is 64.1 cm³/mol. The van der Waals surface area contributed by atoms with Crippen LogP contribution in [0.2, 0.25) is 0 Å². The van der Waals surface area contributed by atoms with E-state index in [2.05, 4.69) is 31.2 Å². The molecule has 0 aliphatic carbocycles. The molecule has 1 N–H and O–H groups in total. The van der Waals surface area contributed by atoms with E-state index in [1.807, 2.05) is 6.07 Å². The molecule has 0 spiro atoms. The summed E-state index contributed by atoms with van der Waals surface area (Å²) in [6.07, 6.45) is 2.69. The van der Waals surface area contributed by atoms with Crippen LogP contribution in [0.1, 0.15) is 5.69 Å². The molecule has 1 aromatic heterocycles. The second kappa shape index (κ2) is 4.89. The lowest BCUT2D eigenvalue weighted by atomic mass is 10.3. The Morgan fingerprint density at radius 1 is 1.29 bits per heavy atom. The van der Waals surface area contributed by atoms with Crippen molar-refractivity contribution in [1.29, 1.82) is 5.26 Å². The molecule has 0 bridgehead atoms. The molecule has 0 aliphatic heterocycles. The minimum atomic E-state index is -0.398. The SMILES string of the molecule is N#Cc1cnc(Nc2c(F)cccc2Br)cn1. The summed E-state index contributed by atoms with van der Waals surface area (Å²) in [5, 5.41) is 11.4. The molecule has 1 heterocycles. The minimum Gasteiger partial charge on any atom is -0.336 e. The maximum absolute atomic E-state index is 13.5. The van der Waals surface area contributed by atoms with Gasteiger partial charge in [0.25, 0.3) is 0 Å². The van der Waals surface area contributed by atoms with E-state index in [0.717, 1.165) is 0 Å². The first-order chi connectivity index (χ1) is 8.20. The number of para-hydroxylation sites is 1. The van der Waals surface area contributed by atoms with Gasteiger partial charge < -0.3 is 5.32 Å². The number of nitriles is 1. The molecule has 0 fully saturated rings. The molecule has 84 valence electrons. The molecule has 0 atom stereocenters. The molecule has 17 heavy (non-hydrogen) atoms. The van der Waals surface area contributed by atoms with Crippen LogP contribution < -0.4 is 5.32 Å². The molecule has 4 nitrogen and oxygen atoms in total. The van der Waals surface area contributed by atoms with Crippen LogP contribution >= 0.6 is 15.9 Å². The van der Waals surface area contributed by atoms with Gasteiger partial charge in [-0.1, -0.05) is 6.07 Å². The zero-order valence-electron chi connectivity index (χ0n) is 8.48. The van der Waals surface area contributed by atoms with Crippen LogP contribution in [0.25, 0.3) is 0 Å². The number of hydrogen-bond donors (Lipinski definition) is 1. The Morgan fingerprint density at radius 2 is 2.12 bits per heavy atom. The molecule has 0 aliphatic rings. The molecule has 0 saturated heterocycles. The quantitative estimate of drug-likeness (QED) is 0.924. The van der Waals surface area contributed by atoms with Gasteiger partial charge in [0.05, 0.1) is 18.1 Å². The molecular formula is C11H6BrFN4. The van der Waals surface area contributed by atoms with Crippen LogP contribution in [0.4, 0.5) is 15.9 Å². The van der Waals surface area contributed by atoms with Crippen LogP contribution in [0.5, 0.6) is 0 Å². The highest BCUT2D eigenvalue weighted by molar-refractivity contribution is 9.10.